The lowest BCUT2D eigenvalue weighted by Gasteiger charge is -2.32. The van der Waals surface area contributed by atoms with E-state index in [4.69, 9.17) is 10.5 Å². The Balaban J connectivity index is 2.30. The maximum Gasteiger partial charge on any atom is 0.238 e. The number of thioether (sulfide) groups is 1. The van der Waals surface area contributed by atoms with Gasteiger partial charge in [-0.25, -0.2) is 0 Å². The molecule has 0 aromatic carbocycles. The van der Waals surface area contributed by atoms with Crippen molar-refractivity contribution in [1.82, 2.24) is 5.32 Å². The van der Waals surface area contributed by atoms with Crippen molar-refractivity contribution in [2.24, 2.45) is 11.7 Å². The number of likely N-dealkylation sites (N-methyl/N-ethyl adjacent to an activating group) is 1. The van der Waals surface area contributed by atoms with Gasteiger partial charge in [-0.15, -0.1) is 0 Å². The molecule has 1 amide bonds. The largest absolute Gasteiger partial charge is 0.385 e. The Morgan fingerprint density at radius 2 is 2.33 bits per heavy atom. The van der Waals surface area contributed by atoms with E-state index in [9.17, 15) is 4.79 Å². The Bertz CT molecular complexity index is 263. The van der Waals surface area contributed by atoms with E-state index in [1.807, 2.05) is 18.8 Å². The van der Waals surface area contributed by atoms with Gasteiger partial charge in [-0.3, -0.25) is 4.79 Å². The van der Waals surface area contributed by atoms with E-state index < -0.39 is 5.54 Å². The second-order valence-corrected chi connectivity index (χ2v) is 6.15. The topological polar surface area (TPSA) is 64.3 Å². The molecule has 3 N–H and O–H groups in total. The maximum absolute atomic E-state index is 11.7. The number of ether oxygens (including phenoxy) is 1. The number of carbonyl (C=O) groups excluding carboxylic acids is 1. The van der Waals surface area contributed by atoms with Gasteiger partial charge in [0.05, 0.1) is 0 Å². The molecule has 0 radical (unpaired) electrons. The van der Waals surface area contributed by atoms with Crippen LogP contribution in [0.15, 0.2) is 0 Å². The lowest BCUT2D eigenvalue weighted by molar-refractivity contribution is -0.125. The van der Waals surface area contributed by atoms with Crippen molar-refractivity contribution in [2.45, 2.75) is 37.6 Å². The van der Waals surface area contributed by atoms with Gasteiger partial charge in [0.1, 0.15) is 5.54 Å². The van der Waals surface area contributed by atoms with Gasteiger partial charge in [0, 0.05) is 13.7 Å². The van der Waals surface area contributed by atoms with Crippen LogP contribution in [0.4, 0.5) is 0 Å². The number of carbonyl (C=O) groups is 1. The van der Waals surface area contributed by atoms with E-state index in [0.29, 0.717) is 5.92 Å². The first-order valence-electron chi connectivity index (χ1n) is 6.73. The van der Waals surface area contributed by atoms with Crippen LogP contribution < -0.4 is 11.1 Å². The highest BCUT2D eigenvalue weighted by atomic mass is 32.2. The van der Waals surface area contributed by atoms with E-state index in [1.54, 1.807) is 7.11 Å². The second-order valence-electron chi connectivity index (χ2n) is 4.92. The fourth-order valence-corrected chi connectivity index (χ4v) is 3.86. The molecule has 0 aromatic heterocycles. The summed E-state index contributed by atoms with van der Waals surface area (Å²) in [6.45, 7) is 0.832. The molecule has 1 fully saturated rings. The lowest BCUT2D eigenvalue weighted by Crippen LogP contribution is -2.56. The molecule has 0 heterocycles. The van der Waals surface area contributed by atoms with Gasteiger partial charge >= 0.3 is 0 Å². The number of hydrogen-bond acceptors (Lipinski definition) is 4. The van der Waals surface area contributed by atoms with Crippen LogP contribution in [0.2, 0.25) is 0 Å². The SMILES string of the molecule is CNC1(C(N)=O)CCCC1CCSCCCOC. The van der Waals surface area contributed by atoms with Crippen molar-refractivity contribution in [3.8, 4) is 0 Å². The highest BCUT2D eigenvalue weighted by Crippen LogP contribution is 2.38. The normalized spacial score (nSPS) is 27.6. The van der Waals surface area contributed by atoms with Crippen molar-refractivity contribution in [1.29, 1.82) is 0 Å². The third-order valence-electron chi connectivity index (χ3n) is 3.95. The minimum atomic E-state index is -0.451. The van der Waals surface area contributed by atoms with Crippen LogP contribution in [0.25, 0.3) is 0 Å². The van der Waals surface area contributed by atoms with E-state index in [2.05, 4.69) is 5.32 Å². The number of rotatable bonds is 9. The minimum Gasteiger partial charge on any atom is -0.385 e. The van der Waals surface area contributed by atoms with Crippen LogP contribution in [-0.4, -0.2) is 43.7 Å². The smallest absolute Gasteiger partial charge is 0.238 e. The summed E-state index contributed by atoms with van der Waals surface area (Å²) in [4.78, 5) is 11.7. The van der Waals surface area contributed by atoms with Gasteiger partial charge in [-0.05, 0) is 50.2 Å². The Hall–Kier alpha value is -0.260. The maximum atomic E-state index is 11.7. The third kappa shape index (κ3) is 3.87. The summed E-state index contributed by atoms with van der Waals surface area (Å²) in [7, 11) is 3.59. The summed E-state index contributed by atoms with van der Waals surface area (Å²) >= 11 is 1.94. The summed E-state index contributed by atoms with van der Waals surface area (Å²) in [5.41, 5.74) is 5.13. The molecular weight excluding hydrogens is 248 g/mol. The van der Waals surface area contributed by atoms with Gasteiger partial charge in [0.15, 0.2) is 0 Å². The molecule has 0 spiro atoms. The zero-order valence-corrected chi connectivity index (χ0v) is 12.4. The molecular formula is C13H26N2O2S. The molecule has 0 saturated heterocycles. The number of nitrogens with one attached hydrogen (secondary N) is 1. The summed E-state index contributed by atoms with van der Waals surface area (Å²) in [6.07, 6.45) is 5.27. The number of amides is 1. The van der Waals surface area contributed by atoms with E-state index in [1.165, 1.54) is 0 Å². The van der Waals surface area contributed by atoms with E-state index >= 15 is 0 Å². The number of nitrogens with two attached hydrogens (primary N) is 1. The van der Waals surface area contributed by atoms with Crippen LogP contribution in [0.5, 0.6) is 0 Å². The standard InChI is InChI=1S/C13H26N2O2S/c1-15-13(12(14)16)7-3-5-11(13)6-10-18-9-4-8-17-2/h11,15H,3-10H2,1-2H3,(H2,14,16). The number of methoxy groups -OCH3 is 1. The van der Waals surface area contributed by atoms with Crippen molar-refractivity contribution in [3.05, 3.63) is 0 Å². The third-order valence-corrected chi connectivity index (χ3v) is 5.06. The first-order chi connectivity index (χ1) is 8.67. The molecule has 106 valence electrons. The van der Waals surface area contributed by atoms with Crippen LogP contribution in [0.1, 0.15) is 32.1 Å². The van der Waals surface area contributed by atoms with Crippen LogP contribution in [0.3, 0.4) is 0 Å². The molecule has 2 unspecified atom stereocenters. The average molecular weight is 274 g/mol. The van der Waals surface area contributed by atoms with Crippen LogP contribution in [-0.2, 0) is 9.53 Å². The molecule has 0 aromatic rings. The summed E-state index contributed by atoms with van der Waals surface area (Å²) in [5.74, 6) is 2.45. The Morgan fingerprint density at radius 3 is 2.94 bits per heavy atom. The highest BCUT2D eigenvalue weighted by Gasteiger charge is 2.45. The van der Waals surface area contributed by atoms with Crippen LogP contribution in [0, 0.1) is 5.92 Å². The molecule has 0 aliphatic heterocycles. The molecule has 18 heavy (non-hydrogen) atoms. The van der Waals surface area contributed by atoms with Crippen molar-refractivity contribution >= 4 is 17.7 Å². The molecule has 1 rings (SSSR count). The molecule has 1 aliphatic carbocycles. The molecule has 5 heteroatoms. The summed E-state index contributed by atoms with van der Waals surface area (Å²) in [6, 6.07) is 0. The van der Waals surface area contributed by atoms with Crippen molar-refractivity contribution in [3.63, 3.8) is 0 Å². The Labute approximate surface area is 114 Å². The summed E-state index contributed by atoms with van der Waals surface area (Å²) < 4.78 is 5.02. The predicted molar refractivity (Wildman–Crippen MR) is 76.8 cm³/mol. The van der Waals surface area contributed by atoms with Crippen molar-refractivity contribution in [2.75, 3.05) is 32.3 Å². The van der Waals surface area contributed by atoms with Gasteiger partial charge in [-0.1, -0.05) is 6.42 Å². The molecule has 2 atom stereocenters. The van der Waals surface area contributed by atoms with E-state index in [0.717, 1.165) is 50.2 Å². The first kappa shape index (κ1) is 15.8. The molecule has 4 nitrogen and oxygen atoms in total. The second kappa shape index (κ2) is 8.02. The van der Waals surface area contributed by atoms with E-state index in [-0.39, 0.29) is 5.91 Å². The Morgan fingerprint density at radius 1 is 1.56 bits per heavy atom. The number of primary amides is 1. The fourth-order valence-electron chi connectivity index (χ4n) is 2.88. The monoisotopic (exact) mass is 274 g/mol. The predicted octanol–water partition coefficient (Wildman–Crippen LogP) is 1.39. The van der Waals surface area contributed by atoms with Gasteiger partial charge in [-0.2, -0.15) is 11.8 Å². The average Bonchev–Trinajstić information content (AvgIpc) is 2.77. The summed E-state index contributed by atoms with van der Waals surface area (Å²) in [5, 5.41) is 3.18. The van der Waals surface area contributed by atoms with Crippen LogP contribution >= 0.6 is 11.8 Å². The quantitative estimate of drug-likeness (QED) is 0.624. The number of hydrogen-bond donors (Lipinski definition) is 2. The lowest BCUT2D eigenvalue weighted by atomic mass is 9.84. The van der Waals surface area contributed by atoms with Gasteiger partial charge in [0.25, 0.3) is 0 Å². The van der Waals surface area contributed by atoms with Crippen molar-refractivity contribution < 1.29 is 9.53 Å². The molecule has 0 bridgehead atoms. The fraction of sp³-hybridized carbons (Fsp3) is 0.923. The zero-order valence-electron chi connectivity index (χ0n) is 11.5. The van der Waals surface area contributed by atoms with Gasteiger partial charge in [0.2, 0.25) is 5.91 Å². The first-order valence-corrected chi connectivity index (χ1v) is 7.88. The zero-order chi connectivity index (χ0) is 13.4. The molecule has 1 aliphatic rings. The minimum absolute atomic E-state index is 0.183. The molecule has 1 saturated carbocycles. The Kier molecular flexibility index (Phi) is 7.04. The highest BCUT2D eigenvalue weighted by molar-refractivity contribution is 7.99. The van der Waals surface area contributed by atoms with Gasteiger partial charge < -0.3 is 15.8 Å².